The molecule has 0 radical (unpaired) electrons. The van der Waals surface area contributed by atoms with Crippen molar-refractivity contribution in [1.82, 2.24) is 14.4 Å². The Labute approximate surface area is 189 Å². The number of aromatic nitrogens is 3. The van der Waals surface area contributed by atoms with Crippen molar-refractivity contribution < 1.29 is 9.90 Å². The van der Waals surface area contributed by atoms with Gasteiger partial charge in [0.15, 0.2) is 0 Å². The first-order valence-electron chi connectivity index (χ1n) is 10.4. The summed E-state index contributed by atoms with van der Waals surface area (Å²) >= 11 is 1.68. The lowest BCUT2D eigenvalue weighted by molar-refractivity contribution is -0.131. The van der Waals surface area contributed by atoms with E-state index >= 15 is 0 Å². The lowest BCUT2D eigenvalue weighted by atomic mass is 10.1. The van der Waals surface area contributed by atoms with E-state index in [0.29, 0.717) is 17.3 Å². The standard InChI is InChI=1S/C25H23N3O3S/c1-16(2)20-15-32-22(26-20)10-8-17-12-13-28-21(14-17)27-24(18-6-4-3-5-7-18)19(25(28)31)9-11-23(29)30/h3-7,9,11-16H,8,10H2,1-2H3,(H,29,30)/b11-9+. The summed E-state index contributed by atoms with van der Waals surface area (Å²) in [4.78, 5) is 33.6. The first-order chi connectivity index (χ1) is 15.4. The zero-order chi connectivity index (χ0) is 22.7. The third-order valence-electron chi connectivity index (χ3n) is 5.16. The molecule has 0 fully saturated rings. The van der Waals surface area contributed by atoms with Gasteiger partial charge in [0.2, 0.25) is 0 Å². The van der Waals surface area contributed by atoms with Crippen molar-refractivity contribution in [2.45, 2.75) is 32.6 Å². The van der Waals surface area contributed by atoms with E-state index < -0.39 is 5.97 Å². The van der Waals surface area contributed by atoms with Gasteiger partial charge in [-0.25, -0.2) is 14.8 Å². The smallest absolute Gasteiger partial charge is 0.328 e. The van der Waals surface area contributed by atoms with Crippen LogP contribution in [-0.2, 0) is 17.6 Å². The summed E-state index contributed by atoms with van der Waals surface area (Å²) in [5, 5.41) is 12.2. The van der Waals surface area contributed by atoms with Crippen LogP contribution in [0.3, 0.4) is 0 Å². The molecule has 3 heterocycles. The number of carbonyl (C=O) groups is 1. The molecule has 32 heavy (non-hydrogen) atoms. The molecule has 0 atom stereocenters. The van der Waals surface area contributed by atoms with Crippen LogP contribution < -0.4 is 5.56 Å². The van der Waals surface area contributed by atoms with Gasteiger partial charge in [0.1, 0.15) is 5.65 Å². The van der Waals surface area contributed by atoms with E-state index in [-0.39, 0.29) is 11.1 Å². The quantitative estimate of drug-likeness (QED) is 0.412. The van der Waals surface area contributed by atoms with Crippen molar-refractivity contribution >= 4 is 29.0 Å². The molecular weight excluding hydrogens is 422 g/mol. The summed E-state index contributed by atoms with van der Waals surface area (Å²) in [5.74, 6) is -0.704. The van der Waals surface area contributed by atoms with Crippen molar-refractivity contribution in [2.24, 2.45) is 0 Å². The van der Waals surface area contributed by atoms with E-state index in [4.69, 9.17) is 15.1 Å². The zero-order valence-corrected chi connectivity index (χ0v) is 18.7. The highest BCUT2D eigenvalue weighted by atomic mass is 32.1. The number of aliphatic carboxylic acids is 1. The number of hydrogen-bond acceptors (Lipinski definition) is 5. The highest BCUT2D eigenvalue weighted by Gasteiger charge is 2.14. The zero-order valence-electron chi connectivity index (χ0n) is 17.9. The Morgan fingerprint density at radius 2 is 1.94 bits per heavy atom. The number of carboxylic acids is 1. The Morgan fingerprint density at radius 1 is 1.16 bits per heavy atom. The predicted octanol–water partition coefficient (Wildman–Crippen LogP) is 4.82. The monoisotopic (exact) mass is 445 g/mol. The molecule has 0 bridgehead atoms. The fourth-order valence-electron chi connectivity index (χ4n) is 3.43. The molecule has 0 amide bonds. The fraction of sp³-hybridized carbons (Fsp3) is 0.200. The van der Waals surface area contributed by atoms with Crippen LogP contribution in [0.5, 0.6) is 0 Å². The van der Waals surface area contributed by atoms with Gasteiger partial charge in [0, 0.05) is 29.6 Å². The Balaban J connectivity index is 1.73. The number of fused-ring (bicyclic) bond motifs is 1. The third kappa shape index (κ3) is 4.68. The lowest BCUT2D eigenvalue weighted by Crippen LogP contribution is -2.19. The minimum atomic E-state index is -1.12. The molecule has 4 aromatic rings. The van der Waals surface area contributed by atoms with Gasteiger partial charge in [-0.15, -0.1) is 11.3 Å². The molecule has 6 nitrogen and oxygen atoms in total. The molecule has 0 aliphatic heterocycles. The number of nitrogens with zero attached hydrogens (tertiary/aromatic N) is 3. The Kier molecular flexibility index (Phi) is 6.28. The van der Waals surface area contributed by atoms with Crippen LogP contribution in [-0.4, -0.2) is 25.4 Å². The topological polar surface area (TPSA) is 84.6 Å². The summed E-state index contributed by atoms with van der Waals surface area (Å²) in [6.07, 6.45) is 5.59. The maximum atomic E-state index is 13.2. The van der Waals surface area contributed by atoms with Gasteiger partial charge in [-0.2, -0.15) is 0 Å². The van der Waals surface area contributed by atoms with Gasteiger partial charge in [-0.05, 0) is 36.1 Å². The van der Waals surface area contributed by atoms with Crippen LogP contribution in [0.15, 0.2) is 64.9 Å². The number of rotatable bonds is 7. The predicted molar refractivity (Wildman–Crippen MR) is 127 cm³/mol. The molecule has 4 rings (SSSR count). The normalized spacial score (nSPS) is 11.6. The van der Waals surface area contributed by atoms with Gasteiger partial charge in [0.25, 0.3) is 5.56 Å². The fourth-order valence-corrected chi connectivity index (χ4v) is 4.39. The minimum absolute atomic E-state index is 0.243. The largest absolute Gasteiger partial charge is 0.478 e. The molecule has 0 aliphatic rings. The van der Waals surface area contributed by atoms with Crippen LogP contribution in [0.1, 0.15) is 41.6 Å². The van der Waals surface area contributed by atoms with Crippen LogP contribution >= 0.6 is 11.3 Å². The third-order valence-corrected chi connectivity index (χ3v) is 6.08. The van der Waals surface area contributed by atoms with Crippen molar-refractivity contribution in [3.8, 4) is 11.3 Å². The Bertz CT molecular complexity index is 1350. The summed E-state index contributed by atoms with van der Waals surface area (Å²) in [6.45, 7) is 4.27. The minimum Gasteiger partial charge on any atom is -0.478 e. The number of carboxylic acid groups (broad SMARTS) is 1. The highest BCUT2D eigenvalue weighted by Crippen LogP contribution is 2.22. The van der Waals surface area contributed by atoms with E-state index in [0.717, 1.165) is 40.7 Å². The lowest BCUT2D eigenvalue weighted by Gasteiger charge is -2.10. The average molecular weight is 446 g/mol. The summed E-state index contributed by atoms with van der Waals surface area (Å²) < 4.78 is 1.46. The molecule has 0 saturated carbocycles. The number of thiazole rings is 1. The SMILES string of the molecule is CC(C)c1csc(CCc2ccn3c(=O)c(/C=C/C(=O)O)c(-c4ccccc4)nc3c2)n1. The van der Waals surface area contributed by atoms with Gasteiger partial charge in [-0.1, -0.05) is 44.2 Å². The van der Waals surface area contributed by atoms with Crippen molar-refractivity contribution in [2.75, 3.05) is 0 Å². The van der Waals surface area contributed by atoms with E-state index in [1.165, 1.54) is 10.5 Å². The molecule has 0 unspecified atom stereocenters. The molecular formula is C25H23N3O3S. The number of hydrogen-bond donors (Lipinski definition) is 1. The number of pyridine rings is 1. The molecule has 1 aromatic carbocycles. The summed E-state index contributed by atoms with van der Waals surface area (Å²) in [7, 11) is 0. The number of benzene rings is 1. The molecule has 0 saturated heterocycles. The van der Waals surface area contributed by atoms with Crippen molar-refractivity contribution in [3.05, 3.63) is 92.3 Å². The van der Waals surface area contributed by atoms with Gasteiger partial charge in [-0.3, -0.25) is 9.20 Å². The van der Waals surface area contributed by atoms with E-state index in [2.05, 4.69) is 19.2 Å². The number of aryl methyl sites for hydroxylation is 2. The molecule has 0 aliphatic carbocycles. The summed E-state index contributed by atoms with van der Waals surface area (Å²) in [6, 6.07) is 13.1. The molecule has 3 aromatic heterocycles. The van der Waals surface area contributed by atoms with Gasteiger partial charge >= 0.3 is 5.97 Å². The van der Waals surface area contributed by atoms with Gasteiger partial charge in [0.05, 0.1) is 22.0 Å². The molecule has 7 heteroatoms. The Hall–Kier alpha value is -3.58. The summed E-state index contributed by atoms with van der Waals surface area (Å²) in [5.41, 5.74) is 3.86. The van der Waals surface area contributed by atoms with Crippen LogP contribution in [0, 0.1) is 0 Å². The van der Waals surface area contributed by atoms with E-state index in [1.54, 1.807) is 17.5 Å². The van der Waals surface area contributed by atoms with Crippen LogP contribution in [0.25, 0.3) is 23.0 Å². The van der Waals surface area contributed by atoms with E-state index in [1.807, 2.05) is 42.5 Å². The molecule has 0 spiro atoms. The second-order valence-corrected chi connectivity index (χ2v) is 8.74. The molecule has 162 valence electrons. The van der Waals surface area contributed by atoms with Crippen molar-refractivity contribution in [1.29, 1.82) is 0 Å². The van der Waals surface area contributed by atoms with Crippen LogP contribution in [0.4, 0.5) is 0 Å². The maximum Gasteiger partial charge on any atom is 0.328 e. The maximum absolute atomic E-state index is 13.2. The highest BCUT2D eigenvalue weighted by molar-refractivity contribution is 7.09. The molecule has 1 N–H and O–H groups in total. The Morgan fingerprint density at radius 3 is 2.62 bits per heavy atom. The second kappa shape index (κ2) is 9.28. The van der Waals surface area contributed by atoms with Crippen molar-refractivity contribution in [3.63, 3.8) is 0 Å². The van der Waals surface area contributed by atoms with E-state index in [9.17, 15) is 9.59 Å². The van der Waals surface area contributed by atoms with Crippen LogP contribution in [0.2, 0.25) is 0 Å². The first kappa shape index (κ1) is 21.6. The van der Waals surface area contributed by atoms with Gasteiger partial charge < -0.3 is 5.11 Å². The second-order valence-electron chi connectivity index (χ2n) is 7.80. The average Bonchev–Trinajstić information content (AvgIpc) is 3.27. The first-order valence-corrected chi connectivity index (χ1v) is 11.3.